The lowest BCUT2D eigenvalue weighted by Crippen LogP contribution is -2.19. The van der Waals surface area contributed by atoms with E-state index < -0.39 is 29.3 Å². The number of esters is 4. The van der Waals surface area contributed by atoms with E-state index in [4.69, 9.17) is 18.9 Å². The van der Waals surface area contributed by atoms with Crippen LogP contribution in [0.2, 0.25) is 0 Å². The maximum Gasteiger partial charge on any atom is 0.344 e. The van der Waals surface area contributed by atoms with Crippen LogP contribution in [0.1, 0.15) is 77.5 Å². The van der Waals surface area contributed by atoms with Crippen molar-refractivity contribution in [1.82, 2.24) is 0 Å². The molecule has 6 aromatic rings. The van der Waals surface area contributed by atoms with E-state index in [1.54, 1.807) is 48.5 Å². The van der Waals surface area contributed by atoms with Gasteiger partial charge in [0.1, 0.15) is 24.7 Å². The number of ether oxygens (including phenoxy) is 4. The van der Waals surface area contributed by atoms with E-state index in [-0.39, 0.29) is 35.5 Å². The van der Waals surface area contributed by atoms with Crippen molar-refractivity contribution < 1.29 is 38.1 Å². The minimum absolute atomic E-state index is 0.0800. The number of benzene rings is 6. The molecule has 8 nitrogen and oxygen atoms in total. The molecule has 0 N–H and O–H groups in total. The Hall–Kier alpha value is -6.80. The summed E-state index contributed by atoms with van der Waals surface area (Å²) in [5.41, 5.74) is 3.50. The molecule has 0 unspecified atom stereocenters. The smallest absolute Gasteiger partial charge is 0.344 e. The molecule has 0 heterocycles. The van der Waals surface area contributed by atoms with Gasteiger partial charge in [-0.25, -0.2) is 19.2 Å². The van der Waals surface area contributed by atoms with Gasteiger partial charge in [-0.05, 0) is 70.8 Å². The molecule has 0 atom stereocenters. The van der Waals surface area contributed by atoms with Crippen LogP contribution in [0.25, 0.3) is 0 Å². The molecule has 0 amide bonds. The molecular weight excluding hydrogens is 668 g/mol. The highest BCUT2D eigenvalue weighted by Crippen LogP contribution is 2.34. The molecule has 0 saturated heterocycles. The van der Waals surface area contributed by atoms with Crippen molar-refractivity contribution in [1.29, 1.82) is 0 Å². The SMILES string of the molecule is CC(C)(c1ccc(OC(=O)c2ccccc2C(=O)OCc2ccccc2)cc1)c1ccc(OC(=O)c2ccccc2C(=O)OCc2ccccc2)cc1. The minimum atomic E-state index is -0.680. The molecule has 0 aromatic heterocycles. The van der Waals surface area contributed by atoms with Crippen LogP contribution in [0.3, 0.4) is 0 Å². The first-order valence-corrected chi connectivity index (χ1v) is 16.9. The predicted molar refractivity (Wildman–Crippen MR) is 199 cm³/mol. The van der Waals surface area contributed by atoms with Gasteiger partial charge in [0.15, 0.2) is 0 Å². The number of hydrogen-bond donors (Lipinski definition) is 0. The monoisotopic (exact) mass is 704 g/mol. The molecule has 6 rings (SSSR count). The van der Waals surface area contributed by atoms with E-state index >= 15 is 0 Å². The lowest BCUT2D eigenvalue weighted by atomic mass is 9.78. The molecule has 0 saturated carbocycles. The fourth-order valence-electron chi connectivity index (χ4n) is 5.65. The van der Waals surface area contributed by atoms with Gasteiger partial charge in [-0.3, -0.25) is 0 Å². The third-order valence-electron chi connectivity index (χ3n) is 8.73. The predicted octanol–water partition coefficient (Wildman–Crippen LogP) is 9.16. The summed E-state index contributed by atoms with van der Waals surface area (Å²) in [5.74, 6) is -1.98. The average molecular weight is 705 g/mol. The molecule has 0 aliphatic rings. The summed E-state index contributed by atoms with van der Waals surface area (Å²) in [6.07, 6.45) is 0. The lowest BCUT2D eigenvalue weighted by molar-refractivity contribution is 0.0459. The Bertz CT molecular complexity index is 2050. The summed E-state index contributed by atoms with van der Waals surface area (Å²) in [7, 11) is 0. The molecule has 8 heteroatoms. The summed E-state index contributed by atoms with van der Waals surface area (Å²) >= 11 is 0. The minimum Gasteiger partial charge on any atom is -0.457 e. The highest BCUT2D eigenvalue weighted by atomic mass is 16.5. The van der Waals surface area contributed by atoms with E-state index in [2.05, 4.69) is 0 Å². The van der Waals surface area contributed by atoms with Gasteiger partial charge in [-0.1, -0.05) is 123 Å². The van der Waals surface area contributed by atoms with Gasteiger partial charge in [-0.15, -0.1) is 0 Å². The van der Waals surface area contributed by atoms with Crippen molar-refractivity contribution >= 4 is 23.9 Å². The maximum atomic E-state index is 13.2. The number of carbonyl (C=O) groups excluding carboxylic acids is 4. The summed E-state index contributed by atoms with van der Waals surface area (Å²) in [4.78, 5) is 52.0. The van der Waals surface area contributed by atoms with Crippen molar-refractivity contribution in [3.05, 3.63) is 202 Å². The van der Waals surface area contributed by atoms with Gasteiger partial charge in [0.25, 0.3) is 0 Å². The van der Waals surface area contributed by atoms with E-state index in [0.717, 1.165) is 22.3 Å². The number of hydrogen-bond acceptors (Lipinski definition) is 8. The van der Waals surface area contributed by atoms with Gasteiger partial charge in [0.2, 0.25) is 0 Å². The number of carbonyl (C=O) groups is 4. The van der Waals surface area contributed by atoms with Crippen molar-refractivity contribution in [3.8, 4) is 11.5 Å². The van der Waals surface area contributed by atoms with E-state index in [0.29, 0.717) is 11.5 Å². The Morgan fingerprint density at radius 2 is 0.698 bits per heavy atom. The second-order valence-electron chi connectivity index (χ2n) is 12.7. The first-order valence-electron chi connectivity index (χ1n) is 16.9. The van der Waals surface area contributed by atoms with Crippen LogP contribution in [0.5, 0.6) is 11.5 Å². The Morgan fingerprint density at radius 3 is 1.04 bits per heavy atom. The van der Waals surface area contributed by atoms with E-state index in [9.17, 15) is 19.2 Å². The molecule has 0 aliphatic heterocycles. The van der Waals surface area contributed by atoms with Crippen LogP contribution in [0.15, 0.2) is 158 Å². The van der Waals surface area contributed by atoms with Crippen LogP contribution in [0, 0.1) is 0 Å². The van der Waals surface area contributed by atoms with Crippen LogP contribution in [-0.2, 0) is 28.1 Å². The molecule has 0 fully saturated rings. The third kappa shape index (κ3) is 8.93. The molecule has 53 heavy (non-hydrogen) atoms. The Balaban J connectivity index is 1.07. The molecular formula is C45H36O8. The van der Waals surface area contributed by atoms with E-state index in [1.807, 2.05) is 98.8 Å². The Kier molecular flexibility index (Phi) is 11.2. The van der Waals surface area contributed by atoms with Crippen molar-refractivity contribution in [2.45, 2.75) is 32.5 Å². The first kappa shape index (κ1) is 36.0. The quantitative estimate of drug-likeness (QED) is 0.0918. The van der Waals surface area contributed by atoms with Crippen LogP contribution in [-0.4, -0.2) is 23.9 Å². The van der Waals surface area contributed by atoms with Crippen LogP contribution in [0.4, 0.5) is 0 Å². The van der Waals surface area contributed by atoms with Crippen LogP contribution >= 0.6 is 0 Å². The number of rotatable bonds is 12. The summed E-state index contributed by atoms with van der Waals surface area (Å²) in [6, 6.07) is 45.6. The van der Waals surface area contributed by atoms with Gasteiger partial charge in [0, 0.05) is 5.41 Å². The maximum absolute atomic E-state index is 13.2. The van der Waals surface area contributed by atoms with Gasteiger partial charge in [0.05, 0.1) is 22.3 Å². The summed E-state index contributed by atoms with van der Waals surface area (Å²) in [5, 5.41) is 0. The van der Waals surface area contributed by atoms with Gasteiger partial charge >= 0.3 is 23.9 Å². The topological polar surface area (TPSA) is 105 Å². The average Bonchev–Trinajstić information content (AvgIpc) is 3.20. The normalized spacial score (nSPS) is 10.9. The molecule has 0 bridgehead atoms. The molecule has 6 aromatic carbocycles. The highest BCUT2D eigenvalue weighted by Gasteiger charge is 2.25. The lowest BCUT2D eigenvalue weighted by Gasteiger charge is -2.26. The largest absolute Gasteiger partial charge is 0.457 e. The van der Waals surface area contributed by atoms with Crippen molar-refractivity contribution in [2.75, 3.05) is 0 Å². The van der Waals surface area contributed by atoms with E-state index in [1.165, 1.54) is 24.3 Å². The molecule has 0 aliphatic carbocycles. The van der Waals surface area contributed by atoms with Crippen molar-refractivity contribution in [3.63, 3.8) is 0 Å². The van der Waals surface area contributed by atoms with Gasteiger partial charge < -0.3 is 18.9 Å². The summed E-state index contributed by atoms with van der Waals surface area (Å²) in [6.45, 7) is 4.25. The zero-order valence-corrected chi connectivity index (χ0v) is 29.2. The highest BCUT2D eigenvalue weighted by molar-refractivity contribution is 6.04. The van der Waals surface area contributed by atoms with Gasteiger partial charge in [-0.2, -0.15) is 0 Å². The Labute approximate surface area is 307 Å². The fourth-order valence-corrected chi connectivity index (χ4v) is 5.65. The fraction of sp³-hybridized carbons (Fsp3) is 0.111. The Morgan fingerprint density at radius 1 is 0.396 bits per heavy atom. The molecule has 264 valence electrons. The second kappa shape index (κ2) is 16.5. The molecule has 0 radical (unpaired) electrons. The van der Waals surface area contributed by atoms with Crippen LogP contribution < -0.4 is 9.47 Å². The second-order valence-corrected chi connectivity index (χ2v) is 12.7. The molecule has 0 spiro atoms. The summed E-state index contributed by atoms with van der Waals surface area (Å²) < 4.78 is 22.2. The third-order valence-corrected chi connectivity index (χ3v) is 8.73. The zero-order chi connectivity index (χ0) is 37.2. The standard InChI is InChI=1S/C45H36O8/c1-45(2,33-21-25-35(26-22-33)52-43(48)39-19-11-9-17-37(39)41(46)50-29-31-13-5-3-6-14-31)34-23-27-36(28-24-34)53-44(49)40-20-12-10-18-38(40)42(47)51-30-32-15-7-4-8-16-32/h3-28H,29-30H2,1-2H3. The first-order chi connectivity index (χ1) is 25.7. The zero-order valence-electron chi connectivity index (χ0n) is 29.2. The van der Waals surface area contributed by atoms with Crippen molar-refractivity contribution in [2.24, 2.45) is 0 Å².